The monoisotopic (exact) mass is 360 g/mol. The van der Waals surface area contributed by atoms with Gasteiger partial charge in [-0.05, 0) is 47.7 Å². The third kappa shape index (κ3) is 6.32. The van der Waals surface area contributed by atoms with Gasteiger partial charge in [0.1, 0.15) is 0 Å². The van der Waals surface area contributed by atoms with Crippen molar-refractivity contribution in [2.45, 2.75) is 26.2 Å². The fourth-order valence-electron chi connectivity index (χ4n) is 2.36. The Balaban J connectivity index is 1.93. The number of nitrogens with one attached hydrogen (secondary N) is 2. The van der Waals surface area contributed by atoms with E-state index < -0.39 is 10.0 Å². The molecule has 0 fully saturated rings. The van der Waals surface area contributed by atoms with E-state index in [1.165, 1.54) is 5.56 Å². The van der Waals surface area contributed by atoms with Gasteiger partial charge in [-0.3, -0.25) is 4.79 Å². The molecule has 0 aliphatic carbocycles. The van der Waals surface area contributed by atoms with Crippen LogP contribution in [0.4, 0.5) is 5.69 Å². The molecule has 0 radical (unpaired) electrons. The molecule has 6 heteroatoms. The predicted molar refractivity (Wildman–Crippen MR) is 101 cm³/mol. The summed E-state index contributed by atoms with van der Waals surface area (Å²) in [5.74, 6) is 0.285. The maximum absolute atomic E-state index is 12.3. The van der Waals surface area contributed by atoms with E-state index in [2.05, 4.69) is 23.9 Å². The molecule has 134 valence electrons. The third-order valence-electron chi connectivity index (χ3n) is 3.83. The number of sulfonamides is 1. The van der Waals surface area contributed by atoms with Gasteiger partial charge >= 0.3 is 0 Å². The van der Waals surface area contributed by atoms with Crippen LogP contribution in [0, 0.1) is 0 Å². The van der Waals surface area contributed by atoms with Crippen molar-refractivity contribution in [1.82, 2.24) is 4.72 Å². The van der Waals surface area contributed by atoms with Crippen LogP contribution in [0.1, 0.15) is 41.3 Å². The van der Waals surface area contributed by atoms with E-state index in [-0.39, 0.29) is 5.91 Å². The summed E-state index contributed by atoms with van der Waals surface area (Å²) in [6, 6.07) is 15.0. The van der Waals surface area contributed by atoms with Crippen LogP contribution in [-0.2, 0) is 16.4 Å². The first-order valence-corrected chi connectivity index (χ1v) is 10.1. The Labute approximate surface area is 149 Å². The lowest BCUT2D eigenvalue weighted by Gasteiger charge is -2.09. The molecule has 0 spiro atoms. The molecule has 0 saturated heterocycles. The molecule has 1 amide bonds. The SMILES string of the molecule is CC(C)c1ccc(NC(=O)c2ccc(CCNS(C)(=O)=O)cc2)cc1. The Morgan fingerprint density at radius 3 is 2.12 bits per heavy atom. The van der Waals surface area contributed by atoms with Crippen LogP contribution in [0.3, 0.4) is 0 Å². The third-order valence-corrected chi connectivity index (χ3v) is 4.56. The first-order valence-electron chi connectivity index (χ1n) is 8.19. The van der Waals surface area contributed by atoms with Crippen molar-refractivity contribution < 1.29 is 13.2 Å². The van der Waals surface area contributed by atoms with Crippen LogP contribution in [0.15, 0.2) is 48.5 Å². The second-order valence-corrected chi connectivity index (χ2v) is 8.18. The molecule has 0 saturated carbocycles. The molecule has 2 aromatic carbocycles. The van der Waals surface area contributed by atoms with Gasteiger partial charge in [-0.2, -0.15) is 0 Å². The maximum atomic E-state index is 12.3. The van der Waals surface area contributed by atoms with Crippen LogP contribution < -0.4 is 10.0 Å². The smallest absolute Gasteiger partial charge is 0.255 e. The minimum absolute atomic E-state index is 0.168. The number of hydrogen-bond donors (Lipinski definition) is 2. The van der Waals surface area contributed by atoms with Gasteiger partial charge in [0.15, 0.2) is 0 Å². The Morgan fingerprint density at radius 2 is 1.60 bits per heavy atom. The lowest BCUT2D eigenvalue weighted by molar-refractivity contribution is 0.102. The summed E-state index contributed by atoms with van der Waals surface area (Å²) >= 11 is 0. The Hall–Kier alpha value is -2.18. The Morgan fingerprint density at radius 1 is 1.00 bits per heavy atom. The summed E-state index contributed by atoms with van der Waals surface area (Å²) in [7, 11) is -3.17. The summed E-state index contributed by atoms with van der Waals surface area (Å²) in [6.07, 6.45) is 1.71. The largest absolute Gasteiger partial charge is 0.322 e. The fraction of sp³-hybridized carbons (Fsp3) is 0.316. The van der Waals surface area contributed by atoms with Gasteiger partial charge in [0.05, 0.1) is 6.26 Å². The zero-order valence-electron chi connectivity index (χ0n) is 14.7. The Bertz CT molecular complexity index is 811. The van der Waals surface area contributed by atoms with E-state index in [9.17, 15) is 13.2 Å². The van der Waals surface area contributed by atoms with Gasteiger partial charge in [0.2, 0.25) is 10.0 Å². The van der Waals surface area contributed by atoms with Gasteiger partial charge in [-0.25, -0.2) is 13.1 Å². The molecule has 5 nitrogen and oxygen atoms in total. The standard InChI is InChI=1S/C19H24N2O3S/c1-14(2)16-8-10-18(11-9-16)21-19(22)17-6-4-15(5-7-17)12-13-20-25(3,23)24/h4-11,14,20H,12-13H2,1-3H3,(H,21,22). The highest BCUT2D eigenvalue weighted by molar-refractivity contribution is 7.88. The molecule has 2 aromatic rings. The van der Waals surface area contributed by atoms with E-state index in [1.54, 1.807) is 12.1 Å². The zero-order chi connectivity index (χ0) is 18.4. The maximum Gasteiger partial charge on any atom is 0.255 e. The van der Waals surface area contributed by atoms with Crippen molar-refractivity contribution >= 4 is 21.6 Å². The van der Waals surface area contributed by atoms with Crippen molar-refractivity contribution in [2.75, 3.05) is 18.1 Å². The molecular formula is C19H24N2O3S. The Kier molecular flexibility index (Phi) is 6.33. The number of amides is 1. The number of carbonyl (C=O) groups is 1. The van der Waals surface area contributed by atoms with Crippen LogP contribution in [0.25, 0.3) is 0 Å². The van der Waals surface area contributed by atoms with Gasteiger partial charge in [0, 0.05) is 17.8 Å². The number of benzene rings is 2. The van der Waals surface area contributed by atoms with Crippen LogP contribution in [0.2, 0.25) is 0 Å². The molecule has 0 heterocycles. The topological polar surface area (TPSA) is 75.3 Å². The normalized spacial score (nSPS) is 11.5. The van der Waals surface area contributed by atoms with Crippen molar-refractivity contribution in [2.24, 2.45) is 0 Å². The molecule has 0 aliphatic rings. The van der Waals surface area contributed by atoms with Crippen molar-refractivity contribution in [3.8, 4) is 0 Å². The van der Waals surface area contributed by atoms with Gasteiger partial charge in [-0.1, -0.05) is 38.1 Å². The zero-order valence-corrected chi connectivity index (χ0v) is 15.6. The van der Waals surface area contributed by atoms with Gasteiger partial charge in [-0.15, -0.1) is 0 Å². The average Bonchev–Trinajstić information content (AvgIpc) is 2.54. The summed E-state index contributed by atoms with van der Waals surface area (Å²) in [5.41, 5.74) is 3.52. The van der Waals surface area contributed by atoms with Crippen LogP contribution in [-0.4, -0.2) is 27.1 Å². The lowest BCUT2D eigenvalue weighted by Crippen LogP contribution is -2.24. The quantitative estimate of drug-likeness (QED) is 0.796. The second kappa shape index (κ2) is 8.27. The average molecular weight is 360 g/mol. The highest BCUT2D eigenvalue weighted by Gasteiger charge is 2.07. The predicted octanol–water partition coefficient (Wildman–Crippen LogP) is 3.15. The number of anilines is 1. The van der Waals surface area contributed by atoms with Crippen molar-refractivity contribution in [3.05, 3.63) is 65.2 Å². The van der Waals surface area contributed by atoms with Crippen molar-refractivity contribution in [1.29, 1.82) is 0 Å². The molecule has 0 atom stereocenters. The summed E-state index contributed by atoms with van der Waals surface area (Å²) in [6.45, 7) is 4.59. The van der Waals surface area contributed by atoms with Crippen molar-refractivity contribution in [3.63, 3.8) is 0 Å². The van der Waals surface area contributed by atoms with E-state index in [0.29, 0.717) is 24.4 Å². The molecule has 0 aromatic heterocycles. The van der Waals surface area contributed by atoms with Gasteiger partial charge < -0.3 is 5.32 Å². The van der Waals surface area contributed by atoms with Crippen LogP contribution >= 0.6 is 0 Å². The van der Waals surface area contributed by atoms with E-state index in [4.69, 9.17) is 0 Å². The molecule has 0 unspecified atom stereocenters. The van der Waals surface area contributed by atoms with Gasteiger partial charge in [0.25, 0.3) is 5.91 Å². The summed E-state index contributed by atoms with van der Waals surface area (Å²) < 4.78 is 24.5. The first kappa shape index (κ1) is 19.1. The highest BCUT2D eigenvalue weighted by Crippen LogP contribution is 2.17. The minimum Gasteiger partial charge on any atom is -0.322 e. The molecule has 0 bridgehead atoms. The molecule has 0 aliphatic heterocycles. The highest BCUT2D eigenvalue weighted by atomic mass is 32.2. The number of hydrogen-bond acceptors (Lipinski definition) is 3. The molecular weight excluding hydrogens is 336 g/mol. The van der Waals surface area contributed by atoms with E-state index >= 15 is 0 Å². The minimum atomic E-state index is -3.17. The summed E-state index contributed by atoms with van der Waals surface area (Å²) in [4.78, 5) is 12.3. The molecule has 25 heavy (non-hydrogen) atoms. The first-order chi connectivity index (χ1) is 11.7. The van der Waals surface area contributed by atoms with Crippen LogP contribution in [0.5, 0.6) is 0 Å². The summed E-state index contributed by atoms with van der Waals surface area (Å²) in [5, 5.41) is 2.88. The number of carbonyl (C=O) groups excluding carboxylic acids is 1. The van der Waals surface area contributed by atoms with E-state index in [0.717, 1.165) is 17.5 Å². The molecule has 2 N–H and O–H groups in total. The number of rotatable bonds is 7. The fourth-order valence-corrected chi connectivity index (χ4v) is 2.83. The van der Waals surface area contributed by atoms with E-state index in [1.807, 2.05) is 36.4 Å². The molecule has 2 rings (SSSR count). The lowest BCUT2D eigenvalue weighted by atomic mass is 10.0. The second-order valence-electron chi connectivity index (χ2n) is 6.34.